The maximum absolute atomic E-state index is 13.5. The van der Waals surface area contributed by atoms with Crippen molar-refractivity contribution in [3.63, 3.8) is 0 Å². The van der Waals surface area contributed by atoms with Gasteiger partial charge in [0, 0.05) is 18.1 Å². The highest BCUT2D eigenvalue weighted by Crippen LogP contribution is 2.33. The van der Waals surface area contributed by atoms with Gasteiger partial charge in [-0.1, -0.05) is 47.5 Å². The zero-order valence-electron chi connectivity index (χ0n) is 15.0. The molecule has 0 spiro atoms. The van der Waals surface area contributed by atoms with Crippen molar-refractivity contribution in [2.75, 3.05) is 29.4 Å². The summed E-state index contributed by atoms with van der Waals surface area (Å²) in [5.74, 6) is 0.293. The van der Waals surface area contributed by atoms with E-state index in [1.807, 2.05) is 0 Å². The average molecular weight is 465 g/mol. The van der Waals surface area contributed by atoms with E-state index in [0.29, 0.717) is 23.6 Å². The van der Waals surface area contributed by atoms with Gasteiger partial charge in [0.25, 0.3) is 0 Å². The number of hydrogen-bond acceptors (Lipinski definition) is 4. The summed E-state index contributed by atoms with van der Waals surface area (Å²) >= 11 is 13.5. The Morgan fingerprint density at radius 1 is 1.18 bits per heavy atom. The van der Waals surface area contributed by atoms with Gasteiger partial charge < -0.3 is 5.32 Å². The molecule has 28 heavy (non-hydrogen) atoms. The normalized spacial score (nSPS) is 11.3. The Bertz CT molecular complexity index is 942. The fourth-order valence-electron chi connectivity index (χ4n) is 2.31. The lowest BCUT2D eigenvalue weighted by Crippen LogP contribution is -2.41. The highest BCUT2D eigenvalue weighted by Gasteiger charge is 2.23. The number of nitrogens with zero attached hydrogens (tertiary/aromatic N) is 1. The number of nitrogens with one attached hydrogen (secondary N) is 1. The first-order valence-electron chi connectivity index (χ1n) is 8.19. The van der Waals surface area contributed by atoms with Crippen LogP contribution in [-0.4, -0.2) is 39.4 Å². The standard InChI is InChI=1S/C18H19Cl2FN2O3S2/c1-28(25,26)23(16-8-4-6-14(19)18(16)20)11-17(24)22-9-10-27-12-13-5-2-3-7-15(13)21/h2-8H,9-12H2,1H3,(H,22,24). The number of amides is 1. The number of halogens is 3. The number of carbonyl (C=O) groups excluding carboxylic acids is 1. The Kier molecular flexibility index (Phi) is 8.42. The largest absolute Gasteiger partial charge is 0.354 e. The van der Waals surface area contributed by atoms with Crippen molar-refractivity contribution in [3.8, 4) is 0 Å². The lowest BCUT2D eigenvalue weighted by molar-refractivity contribution is -0.119. The smallest absolute Gasteiger partial charge is 0.240 e. The van der Waals surface area contributed by atoms with E-state index >= 15 is 0 Å². The molecule has 2 aromatic rings. The molecular weight excluding hydrogens is 446 g/mol. The monoisotopic (exact) mass is 464 g/mol. The van der Waals surface area contributed by atoms with Gasteiger partial charge in [-0.15, -0.1) is 0 Å². The van der Waals surface area contributed by atoms with E-state index in [1.54, 1.807) is 24.3 Å². The Morgan fingerprint density at radius 3 is 2.57 bits per heavy atom. The fraction of sp³-hybridized carbons (Fsp3) is 0.278. The zero-order valence-corrected chi connectivity index (χ0v) is 18.1. The SMILES string of the molecule is CS(=O)(=O)N(CC(=O)NCCSCc1ccccc1F)c1cccc(Cl)c1Cl. The topological polar surface area (TPSA) is 66.5 Å². The van der Waals surface area contributed by atoms with Crippen LogP contribution in [0, 0.1) is 5.82 Å². The Balaban J connectivity index is 1.89. The highest BCUT2D eigenvalue weighted by molar-refractivity contribution is 7.98. The first kappa shape index (κ1) is 22.8. The molecule has 0 aliphatic rings. The zero-order chi connectivity index (χ0) is 20.7. The Morgan fingerprint density at radius 2 is 1.89 bits per heavy atom. The van der Waals surface area contributed by atoms with E-state index < -0.39 is 22.5 Å². The van der Waals surface area contributed by atoms with Crippen molar-refractivity contribution in [2.24, 2.45) is 0 Å². The molecule has 2 aromatic carbocycles. The van der Waals surface area contributed by atoms with Gasteiger partial charge in [0.1, 0.15) is 12.4 Å². The van der Waals surface area contributed by atoms with Crippen molar-refractivity contribution >= 4 is 56.6 Å². The van der Waals surface area contributed by atoms with Crippen molar-refractivity contribution < 1.29 is 17.6 Å². The molecule has 152 valence electrons. The minimum atomic E-state index is -3.75. The van der Waals surface area contributed by atoms with Crippen molar-refractivity contribution in [3.05, 3.63) is 63.9 Å². The third-order valence-electron chi connectivity index (χ3n) is 3.67. The van der Waals surface area contributed by atoms with Crippen LogP contribution in [0.2, 0.25) is 10.0 Å². The second-order valence-electron chi connectivity index (χ2n) is 5.84. The lowest BCUT2D eigenvalue weighted by atomic mass is 10.2. The van der Waals surface area contributed by atoms with Crippen LogP contribution in [0.5, 0.6) is 0 Å². The number of sulfonamides is 1. The summed E-state index contributed by atoms with van der Waals surface area (Å²) in [5, 5.41) is 2.90. The minimum absolute atomic E-state index is 0.0582. The van der Waals surface area contributed by atoms with Gasteiger partial charge in [0.15, 0.2) is 0 Å². The van der Waals surface area contributed by atoms with E-state index in [0.717, 1.165) is 10.6 Å². The molecule has 0 aliphatic carbocycles. The number of benzene rings is 2. The second kappa shape index (κ2) is 10.3. The molecule has 5 nitrogen and oxygen atoms in total. The van der Waals surface area contributed by atoms with E-state index in [2.05, 4.69) is 5.32 Å². The molecule has 10 heteroatoms. The van der Waals surface area contributed by atoms with E-state index in [-0.39, 0.29) is 21.5 Å². The first-order chi connectivity index (χ1) is 13.2. The molecule has 0 saturated carbocycles. The van der Waals surface area contributed by atoms with Crippen LogP contribution < -0.4 is 9.62 Å². The Labute approximate surface area is 178 Å². The van der Waals surface area contributed by atoms with Gasteiger partial charge >= 0.3 is 0 Å². The summed E-state index contributed by atoms with van der Waals surface area (Å²) in [4.78, 5) is 12.2. The molecule has 0 radical (unpaired) electrons. The van der Waals surface area contributed by atoms with Gasteiger partial charge in [-0.05, 0) is 23.8 Å². The van der Waals surface area contributed by atoms with E-state index in [4.69, 9.17) is 23.2 Å². The van der Waals surface area contributed by atoms with Crippen LogP contribution in [0.15, 0.2) is 42.5 Å². The molecule has 0 bridgehead atoms. The Hall–Kier alpha value is -1.48. The highest BCUT2D eigenvalue weighted by atomic mass is 35.5. The third kappa shape index (κ3) is 6.55. The number of rotatable bonds is 9. The molecule has 0 unspecified atom stereocenters. The molecule has 0 saturated heterocycles. The van der Waals surface area contributed by atoms with Gasteiger partial charge in [-0.2, -0.15) is 11.8 Å². The van der Waals surface area contributed by atoms with Gasteiger partial charge in [0.05, 0.1) is 22.0 Å². The maximum Gasteiger partial charge on any atom is 0.240 e. The maximum atomic E-state index is 13.5. The number of hydrogen-bond donors (Lipinski definition) is 1. The summed E-state index contributed by atoms with van der Waals surface area (Å²) < 4.78 is 38.6. The molecular formula is C18H19Cl2FN2O3S2. The van der Waals surface area contributed by atoms with E-state index in [9.17, 15) is 17.6 Å². The lowest BCUT2D eigenvalue weighted by Gasteiger charge is -2.23. The van der Waals surface area contributed by atoms with Gasteiger partial charge in [-0.25, -0.2) is 12.8 Å². The summed E-state index contributed by atoms with van der Waals surface area (Å²) in [7, 11) is -3.75. The van der Waals surface area contributed by atoms with Crippen LogP contribution in [0.4, 0.5) is 10.1 Å². The molecule has 2 rings (SSSR count). The van der Waals surface area contributed by atoms with E-state index in [1.165, 1.54) is 30.0 Å². The predicted octanol–water partition coefficient (Wildman–Crippen LogP) is 3.95. The summed E-state index contributed by atoms with van der Waals surface area (Å²) in [6.45, 7) is -0.101. The number of anilines is 1. The number of carbonyl (C=O) groups is 1. The molecule has 1 amide bonds. The molecule has 0 aromatic heterocycles. The molecule has 1 N–H and O–H groups in total. The summed E-state index contributed by atoms with van der Waals surface area (Å²) in [6, 6.07) is 11.1. The van der Waals surface area contributed by atoms with Crippen molar-refractivity contribution in [1.82, 2.24) is 5.32 Å². The quantitative estimate of drug-likeness (QED) is 0.570. The van der Waals surface area contributed by atoms with Crippen LogP contribution in [0.1, 0.15) is 5.56 Å². The summed E-state index contributed by atoms with van der Waals surface area (Å²) in [6.07, 6.45) is 0.988. The first-order valence-corrected chi connectivity index (χ1v) is 12.0. The van der Waals surface area contributed by atoms with Gasteiger partial charge in [-0.3, -0.25) is 9.10 Å². The summed E-state index contributed by atoms with van der Waals surface area (Å²) in [5.41, 5.74) is 0.735. The van der Waals surface area contributed by atoms with Crippen molar-refractivity contribution in [1.29, 1.82) is 0 Å². The van der Waals surface area contributed by atoms with Crippen LogP contribution in [-0.2, 0) is 20.6 Å². The average Bonchev–Trinajstić information content (AvgIpc) is 2.62. The minimum Gasteiger partial charge on any atom is -0.354 e. The molecule has 0 fully saturated rings. The van der Waals surface area contributed by atoms with Crippen LogP contribution >= 0.6 is 35.0 Å². The van der Waals surface area contributed by atoms with Gasteiger partial charge in [0.2, 0.25) is 15.9 Å². The number of thioether (sulfide) groups is 1. The molecule has 0 heterocycles. The fourth-order valence-corrected chi connectivity index (χ4v) is 4.47. The second-order valence-corrected chi connectivity index (χ2v) is 9.63. The third-order valence-corrected chi connectivity index (χ3v) is 6.61. The molecule has 0 atom stereocenters. The predicted molar refractivity (Wildman–Crippen MR) is 114 cm³/mol. The van der Waals surface area contributed by atoms with Crippen LogP contribution in [0.3, 0.4) is 0 Å². The van der Waals surface area contributed by atoms with Crippen molar-refractivity contribution in [2.45, 2.75) is 5.75 Å². The molecule has 0 aliphatic heterocycles. The van der Waals surface area contributed by atoms with Crippen LogP contribution in [0.25, 0.3) is 0 Å².